The van der Waals surface area contributed by atoms with Crippen molar-refractivity contribution in [3.63, 3.8) is 0 Å². The van der Waals surface area contributed by atoms with E-state index in [1.54, 1.807) is 12.1 Å². The minimum absolute atomic E-state index is 0.132. The van der Waals surface area contributed by atoms with Crippen LogP contribution < -0.4 is 10.1 Å². The molecule has 1 amide bonds. The van der Waals surface area contributed by atoms with Crippen LogP contribution in [0.4, 0.5) is 24.5 Å². The van der Waals surface area contributed by atoms with Crippen molar-refractivity contribution < 1.29 is 32.4 Å². The van der Waals surface area contributed by atoms with Crippen molar-refractivity contribution in [2.24, 2.45) is 0 Å². The third kappa shape index (κ3) is 4.11. The molecule has 0 radical (unpaired) electrons. The number of amides is 1. The highest BCUT2D eigenvalue weighted by Gasteiger charge is 2.36. The molecule has 28 heavy (non-hydrogen) atoms. The third-order valence-corrected chi connectivity index (χ3v) is 4.16. The van der Waals surface area contributed by atoms with Crippen molar-refractivity contribution in [3.8, 4) is 5.75 Å². The molecule has 3 rings (SSSR count). The van der Waals surface area contributed by atoms with E-state index < -0.39 is 40.5 Å². The van der Waals surface area contributed by atoms with E-state index in [9.17, 15) is 32.9 Å². The molecule has 2 aromatic rings. The number of nitro benzene ring substituents is 1. The van der Waals surface area contributed by atoms with E-state index in [1.165, 1.54) is 6.07 Å². The lowest BCUT2D eigenvalue weighted by atomic mass is 9.99. The number of rotatable bonds is 5. The van der Waals surface area contributed by atoms with Crippen molar-refractivity contribution in [2.75, 3.05) is 11.9 Å². The first-order valence-corrected chi connectivity index (χ1v) is 8.09. The first-order valence-electron chi connectivity index (χ1n) is 8.09. The van der Waals surface area contributed by atoms with E-state index in [4.69, 9.17) is 4.74 Å². The van der Waals surface area contributed by atoms with Gasteiger partial charge < -0.3 is 10.1 Å². The van der Waals surface area contributed by atoms with Crippen molar-refractivity contribution in [3.05, 3.63) is 63.2 Å². The molecule has 1 N–H and O–H groups in total. The summed E-state index contributed by atoms with van der Waals surface area (Å²) in [5, 5.41) is 13.4. The molecule has 0 bridgehead atoms. The smallest absolute Gasteiger partial charge is 0.420 e. The number of Topliss-reactive ketones (excluding diaryl/α,β-unsaturated/α-hetero) is 1. The molecule has 0 atom stereocenters. The lowest BCUT2D eigenvalue weighted by Gasteiger charge is -2.17. The summed E-state index contributed by atoms with van der Waals surface area (Å²) in [5.74, 6) is -1.37. The van der Waals surface area contributed by atoms with Gasteiger partial charge in [0.05, 0.1) is 4.92 Å². The maximum atomic E-state index is 13.1. The number of alkyl halides is 3. The Morgan fingerprint density at radius 2 is 1.93 bits per heavy atom. The molecule has 0 aromatic heterocycles. The number of fused-ring (bicyclic) bond motifs is 1. The number of carbonyl (C=O) groups excluding carboxylic acids is 2. The maximum Gasteiger partial charge on any atom is 0.420 e. The molecule has 0 aliphatic carbocycles. The van der Waals surface area contributed by atoms with Crippen LogP contribution in [-0.2, 0) is 17.4 Å². The van der Waals surface area contributed by atoms with Gasteiger partial charge in [0, 0.05) is 29.8 Å². The number of halogens is 3. The van der Waals surface area contributed by atoms with Gasteiger partial charge in [0.2, 0.25) is 5.91 Å². The fourth-order valence-corrected chi connectivity index (χ4v) is 2.76. The zero-order valence-corrected chi connectivity index (χ0v) is 14.2. The summed E-state index contributed by atoms with van der Waals surface area (Å²) in [7, 11) is 0. The number of carbonyl (C=O) groups is 2. The number of anilines is 1. The number of nitrogens with one attached hydrogen (secondary N) is 1. The summed E-state index contributed by atoms with van der Waals surface area (Å²) >= 11 is 0. The van der Waals surface area contributed by atoms with E-state index >= 15 is 0 Å². The Morgan fingerprint density at radius 3 is 2.61 bits per heavy atom. The largest absolute Gasteiger partial charge is 0.485 e. The Balaban J connectivity index is 1.78. The van der Waals surface area contributed by atoms with Crippen LogP contribution in [0, 0.1) is 10.1 Å². The molecule has 1 aliphatic heterocycles. The number of ether oxygens (including phenoxy) is 1. The number of ketones is 1. The van der Waals surface area contributed by atoms with Gasteiger partial charge in [0.1, 0.15) is 11.3 Å². The predicted molar refractivity (Wildman–Crippen MR) is 91.3 cm³/mol. The first-order chi connectivity index (χ1) is 13.1. The van der Waals surface area contributed by atoms with Crippen LogP contribution >= 0.6 is 0 Å². The van der Waals surface area contributed by atoms with Gasteiger partial charge in [-0.15, -0.1) is 0 Å². The van der Waals surface area contributed by atoms with Crippen LogP contribution in [0.3, 0.4) is 0 Å². The number of hydrogen-bond donors (Lipinski definition) is 1. The summed E-state index contributed by atoms with van der Waals surface area (Å²) in [4.78, 5) is 33.4. The van der Waals surface area contributed by atoms with Crippen LogP contribution in [0.5, 0.6) is 5.75 Å². The second kappa shape index (κ2) is 7.29. The van der Waals surface area contributed by atoms with Gasteiger partial charge in [-0.25, -0.2) is 0 Å². The summed E-state index contributed by atoms with van der Waals surface area (Å²) in [6.45, 7) is -0.675. The predicted octanol–water partition coefficient (Wildman–Crippen LogP) is 3.76. The standard InChI is InChI=1S/C18H13F3N2O5/c19-18(20,21)13-8-12(23(26)27)3-5-16(13)28-9-15(24)11-1-4-14-10(7-11)2-6-17(25)22-14/h1,3-5,7-8H,2,6,9H2,(H,22,25). The molecule has 0 fully saturated rings. The Labute approximate surface area is 156 Å². The molecule has 0 saturated heterocycles. The van der Waals surface area contributed by atoms with Gasteiger partial charge in [0.15, 0.2) is 12.4 Å². The lowest BCUT2D eigenvalue weighted by molar-refractivity contribution is -0.385. The second-order valence-electron chi connectivity index (χ2n) is 6.07. The van der Waals surface area contributed by atoms with Crippen molar-refractivity contribution >= 4 is 23.1 Å². The second-order valence-corrected chi connectivity index (χ2v) is 6.07. The Bertz CT molecular complexity index is 972. The van der Waals surface area contributed by atoms with E-state index in [1.807, 2.05) is 0 Å². The zero-order valence-electron chi connectivity index (χ0n) is 14.2. The maximum absolute atomic E-state index is 13.1. The first kappa shape index (κ1) is 19.3. The minimum atomic E-state index is -4.88. The Morgan fingerprint density at radius 1 is 1.18 bits per heavy atom. The zero-order chi connectivity index (χ0) is 20.5. The van der Waals surface area contributed by atoms with E-state index in [0.29, 0.717) is 18.2 Å². The number of nitrogens with zero attached hydrogens (tertiary/aromatic N) is 1. The fourth-order valence-electron chi connectivity index (χ4n) is 2.76. The quantitative estimate of drug-likeness (QED) is 0.473. The number of non-ortho nitro benzene ring substituents is 1. The third-order valence-electron chi connectivity index (χ3n) is 4.16. The van der Waals surface area contributed by atoms with E-state index in [0.717, 1.165) is 17.7 Å². The number of benzene rings is 2. The fraction of sp³-hybridized carbons (Fsp3) is 0.222. The van der Waals surface area contributed by atoms with Gasteiger partial charge in [-0.1, -0.05) is 0 Å². The van der Waals surface area contributed by atoms with Gasteiger partial charge >= 0.3 is 6.18 Å². The molecule has 0 saturated carbocycles. The van der Waals surface area contributed by atoms with Gasteiger partial charge in [0.25, 0.3) is 5.69 Å². The molecule has 146 valence electrons. The van der Waals surface area contributed by atoms with Gasteiger partial charge in [-0.05, 0) is 36.2 Å². The molecule has 2 aromatic carbocycles. The molecule has 0 unspecified atom stereocenters. The van der Waals surface area contributed by atoms with Gasteiger partial charge in [-0.2, -0.15) is 13.2 Å². The Kier molecular flexibility index (Phi) is 5.04. The highest BCUT2D eigenvalue weighted by Crippen LogP contribution is 2.38. The summed E-state index contributed by atoms with van der Waals surface area (Å²) < 4.78 is 44.4. The van der Waals surface area contributed by atoms with Crippen molar-refractivity contribution in [2.45, 2.75) is 19.0 Å². The van der Waals surface area contributed by atoms with Crippen molar-refractivity contribution in [1.29, 1.82) is 0 Å². The number of hydrogen-bond acceptors (Lipinski definition) is 5. The lowest BCUT2D eigenvalue weighted by Crippen LogP contribution is -2.20. The van der Waals surface area contributed by atoms with E-state index in [2.05, 4.69) is 5.32 Å². The van der Waals surface area contributed by atoms with E-state index in [-0.39, 0.29) is 17.9 Å². The van der Waals surface area contributed by atoms with Crippen LogP contribution in [-0.4, -0.2) is 23.2 Å². The molecular formula is C18H13F3N2O5. The molecule has 10 heteroatoms. The van der Waals surface area contributed by atoms with Crippen LogP contribution in [0.2, 0.25) is 0 Å². The molecule has 1 aliphatic rings. The normalized spacial score (nSPS) is 13.5. The van der Waals surface area contributed by atoms with Crippen LogP contribution in [0.1, 0.15) is 27.9 Å². The minimum Gasteiger partial charge on any atom is -0.485 e. The van der Waals surface area contributed by atoms with Crippen LogP contribution in [0.15, 0.2) is 36.4 Å². The monoisotopic (exact) mass is 394 g/mol. The van der Waals surface area contributed by atoms with Crippen LogP contribution in [0.25, 0.3) is 0 Å². The average molecular weight is 394 g/mol. The summed E-state index contributed by atoms with van der Waals surface area (Å²) in [6.07, 6.45) is -4.16. The van der Waals surface area contributed by atoms with Gasteiger partial charge in [-0.3, -0.25) is 19.7 Å². The topological polar surface area (TPSA) is 98.5 Å². The summed E-state index contributed by atoms with van der Waals surface area (Å²) in [6, 6.07) is 6.60. The number of nitro groups is 1. The SMILES string of the molecule is O=C1CCc2cc(C(=O)COc3ccc([N+](=O)[O-])cc3C(F)(F)F)ccc2N1. The average Bonchev–Trinajstić information content (AvgIpc) is 2.64. The summed E-state index contributed by atoms with van der Waals surface area (Å²) in [5.41, 5.74) is -0.504. The molecule has 0 spiro atoms. The molecule has 1 heterocycles. The van der Waals surface area contributed by atoms with Crippen molar-refractivity contribution in [1.82, 2.24) is 0 Å². The Hall–Kier alpha value is -3.43. The number of aryl methyl sites for hydroxylation is 1. The molecule has 7 nitrogen and oxygen atoms in total. The highest BCUT2D eigenvalue weighted by molar-refractivity contribution is 5.99. The highest BCUT2D eigenvalue weighted by atomic mass is 19.4. The molecular weight excluding hydrogens is 381 g/mol.